The molecule has 1 atom stereocenters. The van der Waals surface area contributed by atoms with Gasteiger partial charge in [-0.25, -0.2) is 0 Å². The van der Waals surface area contributed by atoms with E-state index in [1.54, 1.807) is 11.3 Å². The van der Waals surface area contributed by atoms with Crippen LogP contribution >= 0.6 is 27.3 Å². The van der Waals surface area contributed by atoms with Crippen LogP contribution < -0.4 is 5.73 Å². The van der Waals surface area contributed by atoms with E-state index in [1.165, 1.54) is 10.4 Å². The lowest BCUT2D eigenvalue weighted by Crippen LogP contribution is -2.33. The van der Waals surface area contributed by atoms with Gasteiger partial charge < -0.3 is 5.73 Å². The van der Waals surface area contributed by atoms with Crippen LogP contribution in [-0.2, 0) is 12.0 Å². The molecule has 0 saturated carbocycles. The zero-order chi connectivity index (χ0) is 12.3. The lowest BCUT2D eigenvalue weighted by molar-refractivity contribution is 0.454. The Bertz CT molecular complexity index is 459. The van der Waals surface area contributed by atoms with E-state index in [0.29, 0.717) is 0 Å². The molecule has 0 amide bonds. The van der Waals surface area contributed by atoms with E-state index < -0.39 is 0 Å². The van der Waals surface area contributed by atoms with Crippen molar-refractivity contribution in [2.45, 2.75) is 25.3 Å². The maximum atomic E-state index is 6.39. The summed E-state index contributed by atoms with van der Waals surface area (Å²) in [5.41, 5.74) is 7.33. The standard InChI is InChI=1S/C14H16BrNS/c1-14(16,9-8-13-3-2-10-17-13)11-4-6-12(15)7-5-11/h2-7,10H,8-9,16H2,1H3. The Hall–Kier alpha value is -0.640. The molecule has 0 fully saturated rings. The van der Waals surface area contributed by atoms with Crippen LogP contribution in [0.5, 0.6) is 0 Å². The zero-order valence-electron chi connectivity index (χ0n) is 9.82. The van der Waals surface area contributed by atoms with Crippen molar-refractivity contribution < 1.29 is 0 Å². The summed E-state index contributed by atoms with van der Waals surface area (Å²) in [6, 6.07) is 12.5. The fourth-order valence-corrected chi connectivity index (χ4v) is 2.79. The first-order valence-corrected chi connectivity index (χ1v) is 7.32. The van der Waals surface area contributed by atoms with Crippen LogP contribution in [0.25, 0.3) is 0 Å². The monoisotopic (exact) mass is 309 g/mol. The molecule has 0 saturated heterocycles. The maximum absolute atomic E-state index is 6.39. The van der Waals surface area contributed by atoms with Crippen LogP contribution in [0.2, 0.25) is 0 Å². The third-order valence-corrected chi connectivity index (χ3v) is 4.44. The number of aryl methyl sites for hydroxylation is 1. The minimum Gasteiger partial charge on any atom is -0.322 e. The highest BCUT2D eigenvalue weighted by Crippen LogP contribution is 2.26. The van der Waals surface area contributed by atoms with E-state index in [-0.39, 0.29) is 5.54 Å². The van der Waals surface area contributed by atoms with Crippen LogP contribution in [0.15, 0.2) is 46.3 Å². The van der Waals surface area contributed by atoms with Gasteiger partial charge in [-0.05, 0) is 48.9 Å². The molecule has 0 aliphatic carbocycles. The number of hydrogen-bond donors (Lipinski definition) is 1. The van der Waals surface area contributed by atoms with Gasteiger partial charge in [-0.2, -0.15) is 0 Å². The van der Waals surface area contributed by atoms with Gasteiger partial charge in [0.1, 0.15) is 0 Å². The minimum absolute atomic E-state index is 0.259. The average molecular weight is 310 g/mol. The predicted octanol–water partition coefficient (Wildman–Crippen LogP) is 4.32. The van der Waals surface area contributed by atoms with E-state index in [9.17, 15) is 0 Å². The second-order valence-electron chi connectivity index (χ2n) is 4.50. The van der Waals surface area contributed by atoms with Crippen molar-refractivity contribution in [2.75, 3.05) is 0 Å². The first-order chi connectivity index (χ1) is 8.08. The highest BCUT2D eigenvalue weighted by atomic mass is 79.9. The number of rotatable bonds is 4. The Morgan fingerprint density at radius 2 is 1.94 bits per heavy atom. The molecule has 2 rings (SSSR count). The number of nitrogens with two attached hydrogens (primary N) is 1. The molecule has 1 nitrogen and oxygen atoms in total. The molecule has 2 N–H and O–H groups in total. The lowest BCUT2D eigenvalue weighted by Gasteiger charge is -2.25. The molecule has 1 aromatic heterocycles. The number of benzene rings is 1. The molecule has 0 spiro atoms. The highest BCUT2D eigenvalue weighted by Gasteiger charge is 2.20. The molecule has 0 radical (unpaired) electrons. The Morgan fingerprint density at radius 1 is 1.24 bits per heavy atom. The third-order valence-electron chi connectivity index (χ3n) is 2.97. The summed E-state index contributed by atoms with van der Waals surface area (Å²) in [4.78, 5) is 1.40. The van der Waals surface area contributed by atoms with Crippen LogP contribution in [0.1, 0.15) is 23.8 Å². The van der Waals surface area contributed by atoms with Crippen molar-refractivity contribution in [1.29, 1.82) is 0 Å². The molecule has 1 heterocycles. The Labute approximate surface area is 115 Å². The van der Waals surface area contributed by atoms with E-state index in [4.69, 9.17) is 5.73 Å². The third kappa shape index (κ3) is 3.41. The largest absolute Gasteiger partial charge is 0.322 e. The first kappa shape index (κ1) is 12.8. The lowest BCUT2D eigenvalue weighted by atomic mass is 9.88. The summed E-state index contributed by atoms with van der Waals surface area (Å²) < 4.78 is 1.09. The quantitative estimate of drug-likeness (QED) is 0.894. The van der Waals surface area contributed by atoms with Gasteiger partial charge in [-0.15, -0.1) is 11.3 Å². The normalized spacial score (nSPS) is 14.5. The fourth-order valence-electron chi connectivity index (χ4n) is 1.81. The van der Waals surface area contributed by atoms with E-state index in [2.05, 4.69) is 52.5 Å². The molecule has 0 bridgehead atoms. The van der Waals surface area contributed by atoms with E-state index >= 15 is 0 Å². The molecule has 0 aliphatic rings. The van der Waals surface area contributed by atoms with Gasteiger partial charge in [-0.3, -0.25) is 0 Å². The molecule has 1 aromatic carbocycles. The molecule has 90 valence electrons. The summed E-state index contributed by atoms with van der Waals surface area (Å²) in [5.74, 6) is 0. The zero-order valence-corrected chi connectivity index (χ0v) is 12.2. The molecule has 3 heteroatoms. The van der Waals surface area contributed by atoms with Gasteiger partial charge in [0.15, 0.2) is 0 Å². The predicted molar refractivity (Wildman–Crippen MR) is 78.3 cm³/mol. The van der Waals surface area contributed by atoms with Crippen LogP contribution in [0, 0.1) is 0 Å². The Balaban J connectivity index is 2.05. The summed E-state index contributed by atoms with van der Waals surface area (Å²) >= 11 is 5.24. The number of hydrogen-bond acceptors (Lipinski definition) is 2. The first-order valence-electron chi connectivity index (χ1n) is 5.65. The smallest absolute Gasteiger partial charge is 0.0384 e. The summed E-state index contributed by atoms with van der Waals surface area (Å²) in [6.45, 7) is 2.10. The highest BCUT2D eigenvalue weighted by molar-refractivity contribution is 9.10. The van der Waals surface area contributed by atoms with Crippen molar-refractivity contribution in [3.63, 3.8) is 0 Å². The van der Waals surface area contributed by atoms with Gasteiger partial charge in [-0.1, -0.05) is 34.1 Å². The van der Waals surface area contributed by atoms with Crippen molar-refractivity contribution in [1.82, 2.24) is 0 Å². The summed E-state index contributed by atoms with van der Waals surface area (Å²) in [6.07, 6.45) is 2.01. The summed E-state index contributed by atoms with van der Waals surface area (Å²) in [7, 11) is 0. The number of thiophene rings is 1. The van der Waals surface area contributed by atoms with Gasteiger partial charge in [0.2, 0.25) is 0 Å². The number of halogens is 1. The molecular formula is C14H16BrNS. The second kappa shape index (κ2) is 5.34. The topological polar surface area (TPSA) is 26.0 Å². The van der Waals surface area contributed by atoms with Gasteiger partial charge in [0.25, 0.3) is 0 Å². The van der Waals surface area contributed by atoms with Crippen LogP contribution in [0.4, 0.5) is 0 Å². The minimum atomic E-state index is -0.259. The molecular weight excluding hydrogens is 294 g/mol. The van der Waals surface area contributed by atoms with Crippen LogP contribution in [0.3, 0.4) is 0 Å². The van der Waals surface area contributed by atoms with E-state index in [0.717, 1.165) is 17.3 Å². The average Bonchev–Trinajstić information content (AvgIpc) is 2.80. The summed E-state index contributed by atoms with van der Waals surface area (Å²) in [5, 5.41) is 2.11. The second-order valence-corrected chi connectivity index (χ2v) is 6.45. The molecule has 0 aliphatic heterocycles. The van der Waals surface area contributed by atoms with Crippen molar-refractivity contribution in [3.8, 4) is 0 Å². The SMILES string of the molecule is CC(N)(CCc1cccs1)c1ccc(Br)cc1. The maximum Gasteiger partial charge on any atom is 0.0384 e. The molecule has 2 aromatic rings. The van der Waals surface area contributed by atoms with Gasteiger partial charge in [0, 0.05) is 14.9 Å². The van der Waals surface area contributed by atoms with Crippen LogP contribution in [-0.4, -0.2) is 0 Å². The molecule has 1 unspecified atom stereocenters. The fraction of sp³-hybridized carbons (Fsp3) is 0.286. The Kier molecular flexibility index (Phi) is 4.02. The Morgan fingerprint density at radius 3 is 2.53 bits per heavy atom. The van der Waals surface area contributed by atoms with Gasteiger partial charge >= 0.3 is 0 Å². The van der Waals surface area contributed by atoms with Crippen molar-refractivity contribution in [3.05, 3.63) is 56.7 Å². The van der Waals surface area contributed by atoms with Gasteiger partial charge in [0.05, 0.1) is 0 Å². The molecule has 17 heavy (non-hydrogen) atoms. The van der Waals surface area contributed by atoms with Crippen molar-refractivity contribution >= 4 is 27.3 Å². The van der Waals surface area contributed by atoms with Crippen molar-refractivity contribution in [2.24, 2.45) is 5.73 Å². The van der Waals surface area contributed by atoms with E-state index in [1.807, 2.05) is 12.1 Å².